The molecule has 0 spiro atoms. The first-order chi connectivity index (χ1) is 24.0. The summed E-state index contributed by atoms with van der Waals surface area (Å²) in [5.41, 5.74) is 8.24. The zero-order valence-corrected chi connectivity index (χ0v) is 32.9. The van der Waals surface area contributed by atoms with Crippen LogP contribution in [0.15, 0.2) is 91.1 Å². The minimum absolute atomic E-state index is 0. The maximum atomic E-state index is 6.54. The molecule has 8 rings (SSSR count). The van der Waals surface area contributed by atoms with Crippen LogP contribution in [0.5, 0.6) is 11.5 Å². The number of imidazole rings is 1. The van der Waals surface area contributed by atoms with E-state index in [1.165, 1.54) is 29.5 Å². The predicted molar refractivity (Wildman–Crippen MR) is 202 cm³/mol. The fourth-order valence-corrected chi connectivity index (χ4v) is 8.54. The van der Waals surface area contributed by atoms with E-state index < -0.39 is 0 Å². The van der Waals surface area contributed by atoms with Crippen molar-refractivity contribution < 1.29 is 30.4 Å². The van der Waals surface area contributed by atoms with Crippen LogP contribution < -0.4 is 9.30 Å². The second-order valence-electron chi connectivity index (χ2n) is 16.3. The first-order valence-electron chi connectivity index (χ1n) is 18.1. The van der Waals surface area contributed by atoms with Crippen LogP contribution in [0, 0.1) is 35.7 Å². The molecule has 1 aliphatic rings. The van der Waals surface area contributed by atoms with Gasteiger partial charge >= 0.3 is 0 Å². The van der Waals surface area contributed by atoms with E-state index in [4.69, 9.17) is 9.72 Å². The topological polar surface area (TPSA) is 35.9 Å². The number of hydrogen-bond acceptors (Lipinski definition) is 2. The van der Waals surface area contributed by atoms with Gasteiger partial charge in [-0.05, 0) is 71.2 Å². The zero-order valence-electron chi connectivity index (χ0n) is 30.7. The van der Waals surface area contributed by atoms with E-state index in [2.05, 4.69) is 147 Å². The van der Waals surface area contributed by atoms with Gasteiger partial charge in [-0.25, -0.2) is 4.98 Å². The summed E-state index contributed by atoms with van der Waals surface area (Å²) < 4.78 is 13.3. The van der Waals surface area contributed by atoms with E-state index >= 15 is 0 Å². The Labute approximate surface area is 316 Å². The van der Waals surface area contributed by atoms with Crippen molar-refractivity contribution in [3.05, 3.63) is 121 Å². The number of para-hydroxylation sites is 2. The van der Waals surface area contributed by atoms with E-state index in [9.17, 15) is 0 Å². The van der Waals surface area contributed by atoms with E-state index in [0.717, 1.165) is 51.8 Å². The summed E-state index contributed by atoms with van der Waals surface area (Å²) in [6.45, 7) is 17.1. The summed E-state index contributed by atoms with van der Waals surface area (Å²) in [5, 5.41) is 2.27. The van der Waals surface area contributed by atoms with Crippen LogP contribution in [0.25, 0.3) is 44.3 Å². The van der Waals surface area contributed by atoms with Crippen molar-refractivity contribution in [2.24, 2.45) is 17.3 Å². The molecule has 0 amide bonds. The SMILES string of the molecule is CC(C)CC1(CC(C)C)Cc2cccc3c2[n+]([c-]n3-c2[c-]c(Oc3[c-]c4c(cc3)c3ccccc3n4-c3cc(C(C)(C)C)ccn3)ccc2)C1.[Pt]. The van der Waals surface area contributed by atoms with E-state index in [1.807, 2.05) is 24.4 Å². The molecule has 0 aliphatic carbocycles. The number of aromatic nitrogens is 4. The molecule has 4 heterocycles. The van der Waals surface area contributed by atoms with Gasteiger partial charge in [-0.3, -0.25) is 0 Å². The van der Waals surface area contributed by atoms with Crippen LogP contribution in [0.4, 0.5) is 0 Å². The predicted octanol–water partition coefficient (Wildman–Crippen LogP) is 10.5. The first-order valence-corrected chi connectivity index (χ1v) is 18.1. The first kappa shape index (κ1) is 35.2. The minimum Gasteiger partial charge on any atom is -0.510 e. The molecule has 0 unspecified atom stereocenters. The summed E-state index contributed by atoms with van der Waals surface area (Å²) in [7, 11) is 0. The molecule has 6 heteroatoms. The van der Waals surface area contributed by atoms with Gasteiger partial charge in [-0.2, -0.15) is 18.2 Å². The van der Waals surface area contributed by atoms with Gasteiger partial charge in [0.05, 0.1) is 17.6 Å². The van der Waals surface area contributed by atoms with E-state index in [0.29, 0.717) is 23.3 Å². The van der Waals surface area contributed by atoms with Gasteiger partial charge in [0, 0.05) is 49.7 Å². The largest absolute Gasteiger partial charge is 0.510 e. The third-order valence-corrected chi connectivity index (χ3v) is 10.2. The molecule has 0 N–H and O–H groups in total. The molecule has 4 aromatic carbocycles. The number of hydrogen-bond donors (Lipinski definition) is 0. The molecule has 0 atom stereocenters. The number of rotatable bonds is 8. The Morgan fingerprint density at radius 2 is 1.55 bits per heavy atom. The minimum atomic E-state index is 0. The molecule has 5 nitrogen and oxygen atoms in total. The Bertz CT molecular complexity index is 2360. The van der Waals surface area contributed by atoms with Crippen molar-refractivity contribution in [1.29, 1.82) is 0 Å². The maximum Gasteiger partial charge on any atom is 0.242 e. The molecule has 264 valence electrons. The zero-order chi connectivity index (χ0) is 34.8. The third kappa shape index (κ3) is 6.55. The molecule has 51 heavy (non-hydrogen) atoms. The molecule has 7 aromatic rings. The Morgan fingerprint density at radius 3 is 2.31 bits per heavy atom. The van der Waals surface area contributed by atoms with Crippen LogP contribution >= 0.6 is 0 Å². The van der Waals surface area contributed by atoms with Crippen molar-refractivity contribution >= 4 is 32.8 Å². The number of pyridine rings is 1. The van der Waals surface area contributed by atoms with Crippen molar-refractivity contribution in [2.45, 2.75) is 79.7 Å². The van der Waals surface area contributed by atoms with Gasteiger partial charge in [0.2, 0.25) is 6.33 Å². The summed E-state index contributed by atoms with van der Waals surface area (Å²) in [6, 6.07) is 36.9. The molecular weight excluding hydrogens is 808 g/mol. The molecule has 0 fully saturated rings. The average Bonchev–Trinajstić information content (AvgIpc) is 3.60. The Hall–Kier alpha value is -4.21. The second kappa shape index (κ2) is 13.4. The van der Waals surface area contributed by atoms with Crippen LogP contribution in [0.3, 0.4) is 0 Å². The quantitative estimate of drug-likeness (QED) is 0.113. The summed E-state index contributed by atoms with van der Waals surface area (Å²) in [5.74, 6) is 3.42. The fourth-order valence-electron chi connectivity index (χ4n) is 8.54. The van der Waals surface area contributed by atoms with Crippen LogP contribution in [0.2, 0.25) is 0 Å². The van der Waals surface area contributed by atoms with Crippen LogP contribution in [-0.2, 0) is 39.4 Å². The standard InChI is InChI=1S/C45H46N4O.Pt/c1-30(2)25-45(26-31(3)4)27-32-12-10-17-40-43(32)47(28-45)29-48(40)34-13-11-14-35(23-34)50-36-18-19-38-37-15-8-9-16-39(37)49(41(38)24-36)42-22-33(20-21-46-42)44(5,6)7;/h8-22,30-31H,25-28H2,1-7H3;/q-2;. The second-order valence-corrected chi connectivity index (χ2v) is 16.3. The number of benzene rings is 4. The molecule has 1 aliphatic heterocycles. The molecule has 0 bridgehead atoms. The summed E-state index contributed by atoms with van der Waals surface area (Å²) >= 11 is 0. The Kier molecular flexibility index (Phi) is 9.25. The Balaban J connectivity index is 0.00000406. The molecule has 0 saturated heterocycles. The average molecular weight is 854 g/mol. The van der Waals surface area contributed by atoms with E-state index in [1.54, 1.807) is 0 Å². The van der Waals surface area contributed by atoms with Crippen molar-refractivity contribution in [3.63, 3.8) is 0 Å². The molecule has 0 saturated carbocycles. The van der Waals surface area contributed by atoms with Gasteiger partial charge in [0.1, 0.15) is 5.82 Å². The normalized spacial score (nSPS) is 14.1. The molecule has 3 aromatic heterocycles. The Morgan fingerprint density at radius 1 is 0.824 bits per heavy atom. The van der Waals surface area contributed by atoms with Gasteiger partial charge in [-0.15, -0.1) is 29.7 Å². The number of ether oxygens (including phenoxy) is 1. The van der Waals surface area contributed by atoms with Crippen LogP contribution in [0.1, 0.15) is 72.4 Å². The van der Waals surface area contributed by atoms with Gasteiger partial charge in [0.25, 0.3) is 0 Å². The monoisotopic (exact) mass is 853 g/mol. The molecular formula is C45H46N4OPt-2. The van der Waals surface area contributed by atoms with E-state index in [-0.39, 0.29) is 31.9 Å². The van der Waals surface area contributed by atoms with Crippen LogP contribution in [-0.4, -0.2) is 14.1 Å². The van der Waals surface area contributed by atoms with Crippen molar-refractivity contribution in [1.82, 2.24) is 14.1 Å². The van der Waals surface area contributed by atoms with Crippen molar-refractivity contribution in [3.8, 4) is 23.0 Å². The summed E-state index contributed by atoms with van der Waals surface area (Å²) in [6.07, 6.45) is 9.18. The van der Waals surface area contributed by atoms with Gasteiger partial charge < -0.3 is 18.4 Å². The van der Waals surface area contributed by atoms with Gasteiger partial charge in [0.15, 0.2) is 0 Å². The summed E-state index contributed by atoms with van der Waals surface area (Å²) in [4.78, 5) is 4.82. The number of fused-ring (bicyclic) bond motifs is 3. The fraction of sp³-hybridized carbons (Fsp3) is 0.333. The third-order valence-electron chi connectivity index (χ3n) is 10.2. The number of nitrogens with zero attached hydrogens (tertiary/aromatic N) is 4. The van der Waals surface area contributed by atoms with Crippen molar-refractivity contribution in [2.75, 3.05) is 0 Å². The molecule has 0 radical (unpaired) electrons. The smallest absolute Gasteiger partial charge is 0.242 e. The maximum absolute atomic E-state index is 6.54. The van der Waals surface area contributed by atoms with Gasteiger partial charge in [-0.1, -0.05) is 96.1 Å².